The molecule has 4 nitrogen and oxygen atoms in total. The van der Waals surface area contributed by atoms with Crippen LogP contribution in [0.2, 0.25) is 0 Å². The first-order valence-corrected chi connectivity index (χ1v) is 6.00. The second kappa shape index (κ2) is 4.94. The second-order valence-corrected chi connectivity index (χ2v) is 4.61. The molecule has 0 bridgehead atoms. The lowest BCUT2D eigenvalue weighted by Gasteiger charge is -2.34. The Morgan fingerprint density at radius 3 is 2.73 bits per heavy atom. The van der Waals surface area contributed by atoms with Gasteiger partial charge in [-0.2, -0.15) is 0 Å². The van der Waals surface area contributed by atoms with Gasteiger partial charge in [0.05, 0.1) is 6.54 Å². The van der Waals surface area contributed by atoms with Crippen LogP contribution in [0.15, 0.2) is 0 Å². The third kappa shape index (κ3) is 2.69. The fourth-order valence-corrected chi connectivity index (χ4v) is 2.36. The molecule has 15 heavy (non-hydrogen) atoms. The van der Waals surface area contributed by atoms with Crippen molar-refractivity contribution in [2.75, 3.05) is 39.3 Å². The topological polar surface area (TPSA) is 35.6 Å². The zero-order valence-electron chi connectivity index (χ0n) is 9.54. The largest absolute Gasteiger partial charge is 0.342 e. The minimum Gasteiger partial charge on any atom is -0.342 e. The Hall–Kier alpha value is -0.610. The first kappa shape index (κ1) is 10.9. The maximum Gasteiger partial charge on any atom is 0.236 e. The number of hydrogen-bond acceptors (Lipinski definition) is 3. The van der Waals surface area contributed by atoms with Gasteiger partial charge in [-0.15, -0.1) is 0 Å². The van der Waals surface area contributed by atoms with E-state index in [1.165, 1.54) is 12.8 Å². The average molecular weight is 211 g/mol. The molecule has 2 fully saturated rings. The predicted octanol–water partition coefficient (Wildman–Crippen LogP) is -0.0975. The summed E-state index contributed by atoms with van der Waals surface area (Å²) in [5.74, 6) is 0.321. The van der Waals surface area contributed by atoms with E-state index in [2.05, 4.69) is 17.1 Å². The minimum atomic E-state index is 0.321. The van der Waals surface area contributed by atoms with E-state index >= 15 is 0 Å². The van der Waals surface area contributed by atoms with Crippen LogP contribution in [0.25, 0.3) is 0 Å². The zero-order valence-corrected chi connectivity index (χ0v) is 9.54. The summed E-state index contributed by atoms with van der Waals surface area (Å²) in [6, 6.07) is 0.491. The highest BCUT2D eigenvalue weighted by Crippen LogP contribution is 2.09. The van der Waals surface area contributed by atoms with Crippen LogP contribution < -0.4 is 5.32 Å². The van der Waals surface area contributed by atoms with Crippen molar-refractivity contribution in [3.8, 4) is 0 Å². The molecule has 1 amide bonds. The van der Waals surface area contributed by atoms with Crippen LogP contribution in [-0.4, -0.2) is 61.0 Å². The number of rotatable bonds is 2. The van der Waals surface area contributed by atoms with E-state index < -0.39 is 0 Å². The van der Waals surface area contributed by atoms with Crippen molar-refractivity contribution < 1.29 is 4.79 Å². The lowest BCUT2D eigenvalue weighted by molar-refractivity contribution is -0.132. The molecule has 4 heteroatoms. The number of hydrogen-bond donors (Lipinski definition) is 1. The van der Waals surface area contributed by atoms with E-state index in [4.69, 9.17) is 0 Å². The smallest absolute Gasteiger partial charge is 0.236 e. The fraction of sp³-hybridized carbons (Fsp3) is 0.909. The number of nitrogens with zero attached hydrogens (tertiary/aromatic N) is 2. The Labute approximate surface area is 91.6 Å². The quantitative estimate of drug-likeness (QED) is 0.693. The Morgan fingerprint density at radius 1 is 1.33 bits per heavy atom. The molecule has 1 N–H and O–H groups in total. The average Bonchev–Trinajstić information content (AvgIpc) is 2.74. The van der Waals surface area contributed by atoms with Crippen molar-refractivity contribution in [1.82, 2.24) is 15.1 Å². The Balaban J connectivity index is 1.81. The Morgan fingerprint density at radius 2 is 2.07 bits per heavy atom. The van der Waals surface area contributed by atoms with E-state index in [-0.39, 0.29) is 0 Å². The van der Waals surface area contributed by atoms with Gasteiger partial charge in [-0.1, -0.05) is 0 Å². The summed E-state index contributed by atoms with van der Waals surface area (Å²) in [4.78, 5) is 16.2. The molecule has 0 radical (unpaired) electrons. The van der Waals surface area contributed by atoms with Gasteiger partial charge in [0, 0.05) is 38.8 Å². The predicted molar refractivity (Wildman–Crippen MR) is 59.7 cm³/mol. The van der Waals surface area contributed by atoms with Crippen molar-refractivity contribution >= 4 is 5.91 Å². The summed E-state index contributed by atoms with van der Waals surface area (Å²) < 4.78 is 0. The lowest BCUT2D eigenvalue weighted by Crippen LogP contribution is -2.52. The van der Waals surface area contributed by atoms with Crippen LogP contribution in [0.4, 0.5) is 0 Å². The van der Waals surface area contributed by atoms with E-state index in [0.717, 1.165) is 32.7 Å². The molecule has 2 aliphatic heterocycles. The van der Waals surface area contributed by atoms with Crippen LogP contribution in [0.1, 0.15) is 19.8 Å². The number of carbonyl (C=O) groups excluding carboxylic acids is 1. The van der Waals surface area contributed by atoms with E-state index in [0.29, 0.717) is 18.5 Å². The van der Waals surface area contributed by atoms with Crippen LogP contribution in [-0.2, 0) is 4.79 Å². The SMILES string of the molecule is C[C@@H]1CNCCN1CC(=O)N1CCCC1. The monoisotopic (exact) mass is 211 g/mol. The summed E-state index contributed by atoms with van der Waals surface area (Å²) in [7, 11) is 0. The van der Waals surface area contributed by atoms with Gasteiger partial charge in [-0.3, -0.25) is 9.69 Å². The van der Waals surface area contributed by atoms with Crippen molar-refractivity contribution in [2.45, 2.75) is 25.8 Å². The number of amides is 1. The molecule has 2 saturated heterocycles. The van der Waals surface area contributed by atoms with Gasteiger partial charge in [0.1, 0.15) is 0 Å². The molecule has 1 atom stereocenters. The Kier molecular flexibility index (Phi) is 3.59. The lowest BCUT2D eigenvalue weighted by atomic mass is 10.2. The minimum absolute atomic E-state index is 0.321. The van der Waals surface area contributed by atoms with Gasteiger partial charge in [-0.25, -0.2) is 0 Å². The molecule has 0 unspecified atom stereocenters. The van der Waals surface area contributed by atoms with E-state index in [1.807, 2.05) is 4.90 Å². The van der Waals surface area contributed by atoms with Gasteiger partial charge in [0.25, 0.3) is 0 Å². The molecular weight excluding hydrogens is 190 g/mol. The highest BCUT2D eigenvalue weighted by molar-refractivity contribution is 5.78. The summed E-state index contributed by atoms with van der Waals surface area (Å²) in [5.41, 5.74) is 0. The molecule has 0 aliphatic carbocycles. The standard InChI is InChI=1S/C11H21N3O/c1-10-8-12-4-7-14(10)9-11(15)13-5-2-3-6-13/h10,12H,2-9H2,1H3/t10-/m1/s1. The van der Waals surface area contributed by atoms with Crippen molar-refractivity contribution in [3.05, 3.63) is 0 Å². The highest BCUT2D eigenvalue weighted by atomic mass is 16.2. The first-order valence-electron chi connectivity index (χ1n) is 6.00. The van der Waals surface area contributed by atoms with E-state index in [9.17, 15) is 4.79 Å². The summed E-state index contributed by atoms with van der Waals surface area (Å²) >= 11 is 0. The molecule has 2 heterocycles. The zero-order chi connectivity index (χ0) is 10.7. The molecule has 86 valence electrons. The first-order chi connectivity index (χ1) is 7.27. The number of carbonyl (C=O) groups is 1. The van der Waals surface area contributed by atoms with Crippen molar-refractivity contribution in [2.24, 2.45) is 0 Å². The molecule has 2 rings (SSSR count). The normalized spacial score (nSPS) is 28.3. The molecule has 0 aromatic rings. The maximum atomic E-state index is 11.9. The molecule has 0 aromatic carbocycles. The highest BCUT2D eigenvalue weighted by Gasteiger charge is 2.24. The second-order valence-electron chi connectivity index (χ2n) is 4.61. The van der Waals surface area contributed by atoms with Crippen LogP contribution in [0.3, 0.4) is 0 Å². The number of piperazine rings is 1. The van der Waals surface area contributed by atoms with Crippen LogP contribution in [0, 0.1) is 0 Å². The molecule has 0 aromatic heterocycles. The van der Waals surface area contributed by atoms with Gasteiger partial charge >= 0.3 is 0 Å². The van der Waals surface area contributed by atoms with Gasteiger partial charge < -0.3 is 10.2 Å². The van der Waals surface area contributed by atoms with Crippen molar-refractivity contribution in [1.29, 1.82) is 0 Å². The molecular formula is C11H21N3O. The summed E-state index contributed by atoms with van der Waals surface area (Å²) in [6.45, 7) is 7.76. The molecule has 2 aliphatic rings. The van der Waals surface area contributed by atoms with Crippen LogP contribution in [0.5, 0.6) is 0 Å². The van der Waals surface area contributed by atoms with Gasteiger partial charge in [0.2, 0.25) is 5.91 Å². The maximum absolute atomic E-state index is 11.9. The summed E-state index contributed by atoms with van der Waals surface area (Å²) in [5, 5.41) is 3.34. The third-order valence-electron chi connectivity index (χ3n) is 3.44. The van der Waals surface area contributed by atoms with Crippen molar-refractivity contribution in [3.63, 3.8) is 0 Å². The molecule has 0 spiro atoms. The van der Waals surface area contributed by atoms with Crippen LogP contribution >= 0.6 is 0 Å². The van der Waals surface area contributed by atoms with Gasteiger partial charge in [-0.05, 0) is 19.8 Å². The third-order valence-corrected chi connectivity index (χ3v) is 3.44. The number of likely N-dealkylation sites (tertiary alicyclic amines) is 1. The summed E-state index contributed by atoms with van der Waals surface area (Å²) in [6.07, 6.45) is 2.37. The van der Waals surface area contributed by atoms with E-state index in [1.54, 1.807) is 0 Å². The fourth-order valence-electron chi connectivity index (χ4n) is 2.36. The Bertz CT molecular complexity index is 226. The van der Waals surface area contributed by atoms with Gasteiger partial charge in [0.15, 0.2) is 0 Å². The molecule has 0 saturated carbocycles. The number of nitrogens with one attached hydrogen (secondary N) is 1.